The van der Waals surface area contributed by atoms with E-state index in [1.54, 1.807) is 12.1 Å². The number of ether oxygens (including phenoxy) is 1. The van der Waals surface area contributed by atoms with E-state index in [2.05, 4.69) is 5.32 Å². The molecule has 0 spiro atoms. The zero-order valence-electron chi connectivity index (χ0n) is 14.5. The van der Waals surface area contributed by atoms with E-state index >= 15 is 0 Å². The Bertz CT molecular complexity index is 647. The van der Waals surface area contributed by atoms with E-state index in [0.29, 0.717) is 18.9 Å². The van der Waals surface area contributed by atoms with Crippen LogP contribution in [0.25, 0.3) is 0 Å². The standard InChI is InChI=1S/C20H25FN2O2/c1-15(19(22)16-7-3-2-4-8-16)20(24)23-13-5-6-14-25-18-11-9-17(21)10-12-18/h2-4,7-12,15,19H,5-6,13-14,22H2,1H3,(H,23,24). The largest absolute Gasteiger partial charge is 0.494 e. The Morgan fingerprint density at radius 2 is 1.80 bits per heavy atom. The molecular formula is C20H25FN2O2. The van der Waals surface area contributed by atoms with Gasteiger partial charge in [-0.3, -0.25) is 4.79 Å². The second-order valence-electron chi connectivity index (χ2n) is 6.03. The number of unbranched alkanes of at least 4 members (excludes halogenated alkanes) is 1. The van der Waals surface area contributed by atoms with Crippen LogP contribution >= 0.6 is 0 Å². The monoisotopic (exact) mass is 344 g/mol. The highest BCUT2D eigenvalue weighted by molar-refractivity contribution is 5.79. The molecule has 3 N–H and O–H groups in total. The van der Waals surface area contributed by atoms with Gasteiger partial charge in [0.15, 0.2) is 0 Å². The number of amides is 1. The first kappa shape index (κ1) is 18.9. The third kappa shape index (κ3) is 6.19. The Kier molecular flexibility index (Phi) is 7.41. The van der Waals surface area contributed by atoms with Crippen LogP contribution in [-0.2, 0) is 4.79 Å². The fraction of sp³-hybridized carbons (Fsp3) is 0.350. The molecule has 4 nitrogen and oxygen atoms in total. The lowest BCUT2D eigenvalue weighted by molar-refractivity contribution is -0.125. The molecule has 0 aliphatic carbocycles. The van der Waals surface area contributed by atoms with Crippen LogP contribution in [0.3, 0.4) is 0 Å². The third-order valence-electron chi connectivity index (χ3n) is 4.09. The van der Waals surface area contributed by atoms with Crippen molar-refractivity contribution >= 4 is 5.91 Å². The van der Waals surface area contributed by atoms with Crippen molar-refractivity contribution in [3.8, 4) is 5.75 Å². The van der Waals surface area contributed by atoms with Crippen LogP contribution in [0.15, 0.2) is 54.6 Å². The predicted molar refractivity (Wildman–Crippen MR) is 96.7 cm³/mol. The number of nitrogens with two attached hydrogens (primary N) is 1. The van der Waals surface area contributed by atoms with Crippen molar-refractivity contribution in [1.82, 2.24) is 5.32 Å². The average Bonchev–Trinajstić information content (AvgIpc) is 2.65. The molecule has 2 atom stereocenters. The van der Waals surface area contributed by atoms with E-state index < -0.39 is 0 Å². The molecule has 134 valence electrons. The second-order valence-corrected chi connectivity index (χ2v) is 6.03. The third-order valence-corrected chi connectivity index (χ3v) is 4.09. The minimum Gasteiger partial charge on any atom is -0.494 e. The molecule has 2 unspecified atom stereocenters. The second kappa shape index (κ2) is 9.79. The summed E-state index contributed by atoms with van der Waals surface area (Å²) in [5.41, 5.74) is 7.12. The Morgan fingerprint density at radius 1 is 1.12 bits per heavy atom. The topological polar surface area (TPSA) is 64.3 Å². The molecular weight excluding hydrogens is 319 g/mol. The van der Waals surface area contributed by atoms with E-state index in [4.69, 9.17) is 10.5 Å². The summed E-state index contributed by atoms with van der Waals surface area (Å²) in [7, 11) is 0. The molecule has 0 radical (unpaired) electrons. The fourth-order valence-corrected chi connectivity index (χ4v) is 2.45. The fourth-order valence-electron chi connectivity index (χ4n) is 2.45. The number of carbonyl (C=O) groups is 1. The van der Waals surface area contributed by atoms with Crippen LogP contribution in [0.1, 0.15) is 31.4 Å². The predicted octanol–water partition coefficient (Wildman–Crippen LogP) is 3.44. The van der Waals surface area contributed by atoms with Gasteiger partial charge in [-0.25, -0.2) is 4.39 Å². The number of benzene rings is 2. The molecule has 5 heteroatoms. The highest BCUT2D eigenvalue weighted by atomic mass is 19.1. The van der Waals surface area contributed by atoms with Gasteiger partial charge < -0.3 is 15.8 Å². The van der Waals surface area contributed by atoms with Gasteiger partial charge in [0.25, 0.3) is 0 Å². The van der Waals surface area contributed by atoms with Gasteiger partial charge in [-0.15, -0.1) is 0 Å². The summed E-state index contributed by atoms with van der Waals surface area (Å²) in [4.78, 5) is 12.2. The van der Waals surface area contributed by atoms with E-state index in [-0.39, 0.29) is 23.7 Å². The maximum absolute atomic E-state index is 12.8. The normalized spacial score (nSPS) is 13.1. The quantitative estimate of drug-likeness (QED) is 0.685. The summed E-state index contributed by atoms with van der Waals surface area (Å²) in [5, 5.41) is 2.92. The van der Waals surface area contributed by atoms with Crippen molar-refractivity contribution in [2.45, 2.75) is 25.8 Å². The average molecular weight is 344 g/mol. The molecule has 0 heterocycles. The minimum atomic E-state index is -0.317. The van der Waals surface area contributed by atoms with E-state index in [0.717, 1.165) is 18.4 Å². The highest BCUT2D eigenvalue weighted by Gasteiger charge is 2.21. The van der Waals surface area contributed by atoms with Crippen molar-refractivity contribution in [2.75, 3.05) is 13.2 Å². The number of hydrogen-bond donors (Lipinski definition) is 2. The van der Waals surface area contributed by atoms with Crippen LogP contribution in [0.2, 0.25) is 0 Å². The van der Waals surface area contributed by atoms with Gasteiger partial charge in [-0.1, -0.05) is 37.3 Å². The summed E-state index contributed by atoms with van der Waals surface area (Å²) in [6.45, 7) is 2.95. The van der Waals surface area contributed by atoms with Gasteiger partial charge in [-0.05, 0) is 42.7 Å². The molecule has 0 fully saturated rings. The molecule has 0 saturated carbocycles. The maximum atomic E-state index is 12.8. The van der Waals surface area contributed by atoms with Crippen molar-refractivity contribution < 1.29 is 13.9 Å². The Morgan fingerprint density at radius 3 is 2.48 bits per heavy atom. The number of nitrogens with one attached hydrogen (secondary N) is 1. The minimum absolute atomic E-state index is 0.0455. The summed E-state index contributed by atoms with van der Waals surface area (Å²) in [5.74, 6) is 0.0273. The number of carbonyl (C=O) groups excluding carboxylic acids is 1. The smallest absolute Gasteiger partial charge is 0.224 e. The first-order chi connectivity index (χ1) is 12.1. The Balaban J connectivity index is 1.62. The molecule has 2 aromatic carbocycles. The zero-order chi connectivity index (χ0) is 18.1. The van der Waals surface area contributed by atoms with Gasteiger partial charge in [0.1, 0.15) is 11.6 Å². The zero-order valence-corrected chi connectivity index (χ0v) is 14.5. The summed E-state index contributed by atoms with van der Waals surface area (Å²) in [6, 6.07) is 15.2. The first-order valence-corrected chi connectivity index (χ1v) is 8.54. The van der Waals surface area contributed by atoms with Gasteiger partial charge >= 0.3 is 0 Å². The van der Waals surface area contributed by atoms with Crippen LogP contribution in [-0.4, -0.2) is 19.1 Å². The van der Waals surface area contributed by atoms with E-state index in [9.17, 15) is 9.18 Å². The molecule has 25 heavy (non-hydrogen) atoms. The molecule has 2 rings (SSSR count). The SMILES string of the molecule is CC(C(=O)NCCCCOc1ccc(F)cc1)C(N)c1ccccc1. The van der Waals surface area contributed by atoms with Gasteiger partial charge in [0.05, 0.1) is 12.5 Å². The summed E-state index contributed by atoms with van der Waals surface area (Å²) in [6.07, 6.45) is 1.61. The van der Waals surface area contributed by atoms with E-state index in [1.807, 2.05) is 37.3 Å². The van der Waals surface area contributed by atoms with Crippen LogP contribution in [0, 0.1) is 11.7 Å². The summed E-state index contributed by atoms with van der Waals surface area (Å²) >= 11 is 0. The molecule has 0 aromatic heterocycles. The van der Waals surface area contributed by atoms with E-state index in [1.165, 1.54) is 12.1 Å². The number of halogens is 1. The van der Waals surface area contributed by atoms with Gasteiger partial charge in [-0.2, -0.15) is 0 Å². The van der Waals surface area contributed by atoms with Crippen LogP contribution in [0.5, 0.6) is 5.75 Å². The van der Waals surface area contributed by atoms with Crippen molar-refractivity contribution in [3.63, 3.8) is 0 Å². The molecule has 0 aliphatic heterocycles. The highest BCUT2D eigenvalue weighted by Crippen LogP contribution is 2.19. The first-order valence-electron chi connectivity index (χ1n) is 8.54. The Hall–Kier alpha value is -2.40. The molecule has 1 amide bonds. The summed E-state index contributed by atoms with van der Waals surface area (Å²) < 4.78 is 18.3. The Labute approximate surface area is 148 Å². The molecule has 0 aliphatic rings. The van der Waals surface area contributed by atoms with Crippen molar-refractivity contribution in [1.29, 1.82) is 0 Å². The number of hydrogen-bond acceptors (Lipinski definition) is 3. The molecule has 0 bridgehead atoms. The van der Waals surface area contributed by atoms with Crippen LogP contribution < -0.4 is 15.8 Å². The maximum Gasteiger partial charge on any atom is 0.224 e. The number of rotatable bonds is 9. The van der Waals surface area contributed by atoms with Crippen molar-refractivity contribution in [3.05, 3.63) is 66.0 Å². The lowest BCUT2D eigenvalue weighted by Crippen LogP contribution is -2.36. The molecule has 0 saturated heterocycles. The lowest BCUT2D eigenvalue weighted by atomic mass is 9.94. The van der Waals surface area contributed by atoms with Crippen LogP contribution in [0.4, 0.5) is 4.39 Å². The van der Waals surface area contributed by atoms with Gasteiger partial charge in [0, 0.05) is 12.6 Å². The lowest BCUT2D eigenvalue weighted by Gasteiger charge is -2.19. The molecule has 2 aromatic rings. The van der Waals surface area contributed by atoms with Gasteiger partial charge in [0.2, 0.25) is 5.91 Å². The van der Waals surface area contributed by atoms with Crippen molar-refractivity contribution in [2.24, 2.45) is 11.7 Å².